The summed E-state index contributed by atoms with van der Waals surface area (Å²) >= 11 is 0. The zero-order chi connectivity index (χ0) is 24.6. The lowest BCUT2D eigenvalue weighted by Crippen LogP contribution is -2.34. The lowest BCUT2D eigenvalue weighted by atomic mass is 10.2. The standard InChI is InChI=1S/C27H40N2O4/c1-3-4-5-6-7-8-9-10-11-12-13-14-15-16-17-18-19-20-25(30)28-21-22-29-26(31)23-24(2)27(32)33/h4-5,7-8,10-11,13-14,16-17,23H,3,6,9,12,15,18-22H2,1-2H3,(H,28,30)(H,29,31)(H,32,33). The predicted molar refractivity (Wildman–Crippen MR) is 136 cm³/mol. The normalized spacial score (nSPS) is 12.6. The Bertz CT molecular complexity index is 743. The summed E-state index contributed by atoms with van der Waals surface area (Å²) in [5, 5.41) is 14.0. The largest absolute Gasteiger partial charge is 0.478 e. The van der Waals surface area contributed by atoms with Crippen molar-refractivity contribution in [2.75, 3.05) is 13.1 Å². The highest BCUT2D eigenvalue weighted by molar-refractivity contribution is 5.97. The molecule has 0 aromatic heterocycles. The number of amides is 2. The molecule has 0 spiro atoms. The maximum atomic E-state index is 11.8. The van der Waals surface area contributed by atoms with Crippen molar-refractivity contribution in [2.45, 2.75) is 65.2 Å². The molecule has 0 saturated heterocycles. The average molecular weight is 457 g/mol. The van der Waals surface area contributed by atoms with Gasteiger partial charge in [-0.25, -0.2) is 4.79 Å². The Kier molecular flexibility index (Phi) is 20.0. The van der Waals surface area contributed by atoms with Crippen LogP contribution in [-0.4, -0.2) is 36.0 Å². The van der Waals surface area contributed by atoms with Gasteiger partial charge in [-0.2, -0.15) is 0 Å². The van der Waals surface area contributed by atoms with E-state index in [4.69, 9.17) is 5.11 Å². The van der Waals surface area contributed by atoms with E-state index in [-0.39, 0.29) is 18.0 Å². The van der Waals surface area contributed by atoms with Gasteiger partial charge in [0.1, 0.15) is 0 Å². The fourth-order valence-electron chi connectivity index (χ4n) is 2.53. The van der Waals surface area contributed by atoms with Crippen LogP contribution in [0.25, 0.3) is 0 Å². The van der Waals surface area contributed by atoms with Gasteiger partial charge in [-0.1, -0.05) is 67.7 Å². The van der Waals surface area contributed by atoms with Crippen molar-refractivity contribution in [3.05, 3.63) is 72.4 Å². The molecule has 3 N–H and O–H groups in total. The Morgan fingerprint density at radius 3 is 1.73 bits per heavy atom. The summed E-state index contributed by atoms with van der Waals surface area (Å²) in [6, 6.07) is 0. The molecule has 6 nitrogen and oxygen atoms in total. The summed E-state index contributed by atoms with van der Waals surface area (Å²) in [5.41, 5.74) is -0.0356. The second kappa shape index (κ2) is 22.1. The molecule has 0 aromatic carbocycles. The van der Waals surface area contributed by atoms with Crippen LogP contribution in [0.4, 0.5) is 0 Å². The Morgan fingerprint density at radius 1 is 0.727 bits per heavy atom. The number of aliphatic carboxylic acids is 1. The predicted octanol–water partition coefficient (Wildman–Crippen LogP) is 5.17. The molecule has 6 heteroatoms. The average Bonchev–Trinajstić information content (AvgIpc) is 2.78. The molecule has 0 radical (unpaired) electrons. The van der Waals surface area contributed by atoms with Gasteiger partial charge in [0.05, 0.1) is 0 Å². The third-order valence-electron chi connectivity index (χ3n) is 4.36. The van der Waals surface area contributed by atoms with Crippen LogP contribution in [0.3, 0.4) is 0 Å². The van der Waals surface area contributed by atoms with E-state index in [1.807, 2.05) is 0 Å². The fraction of sp³-hybridized carbons (Fsp3) is 0.444. The molecule has 0 aliphatic rings. The van der Waals surface area contributed by atoms with Crippen LogP contribution < -0.4 is 10.6 Å². The van der Waals surface area contributed by atoms with E-state index < -0.39 is 11.9 Å². The minimum Gasteiger partial charge on any atom is -0.478 e. The second-order valence-electron chi connectivity index (χ2n) is 7.37. The monoisotopic (exact) mass is 456 g/mol. The number of rotatable bonds is 18. The lowest BCUT2D eigenvalue weighted by Gasteiger charge is -2.05. The van der Waals surface area contributed by atoms with Gasteiger partial charge < -0.3 is 15.7 Å². The Morgan fingerprint density at radius 2 is 1.21 bits per heavy atom. The van der Waals surface area contributed by atoms with Gasteiger partial charge in [-0.05, 0) is 51.9 Å². The topological polar surface area (TPSA) is 95.5 Å². The zero-order valence-corrected chi connectivity index (χ0v) is 20.1. The van der Waals surface area contributed by atoms with Gasteiger partial charge in [0.15, 0.2) is 0 Å². The molecule has 0 bridgehead atoms. The number of hydrogen-bond acceptors (Lipinski definition) is 3. The highest BCUT2D eigenvalue weighted by atomic mass is 16.4. The number of carbonyl (C=O) groups is 3. The van der Waals surface area contributed by atoms with Crippen molar-refractivity contribution in [1.82, 2.24) is 10.6 Å². The van der Waals surface area contributed by atoms with E-state index >= 15 is 0 Å². The molecule has 0 aromatic rings. The smallest absolute Gasteiger partial charge is 0.331 e. The molecule has 0 unspecified atom stereocenters. The summed E-state index contributed by atoms with van der Waals surface area (Å²) in [6.45, 7) is 4.05. The highest BCUT2D eigenvalue weighted by Crippen LogP contribution is 1.99. The first-order valence-corrected chi connectivity index (χ1v) is 11.7. The minimum absolute atomic E-state index is 0.0356. The van der Waals surface area contributed by atoms with Crippen LogP contribution in [0, 0.1) is 0 Å². The van der Waals surface area contributed by atoms with Crippen molar-refractivity contribution in [3.8, 4) is 0 Å². The first kappa shape index (κ1) is 29.9. The molecule has 33 heavy (non-hydrogen) atoms. The molecule has 0 atom stereocenters. The molecule has 0 rings (SSSR count). The van der Waals surface area contributed by atoms with E-state index in [0.717, 1.165) is 51.0 Å². The zero-order valence-electron chi connectivity index (χ0n) is 20.1. The molecule has 0 heterocycles. The number of unbranched alkanes of at least 4 members (excludes halogenated alkanes) is 1. The summed E-state index contributed by atoms with van der Waals surface area (Å²) in [5.74, 6) is -1.68. The van der Waals surface area contributed by atoms with Crippen molar-refractivity contribution >= 4 is 17.8 Å². The van der Waals surface area contributed by atoms with E-state index in [2.05, 4.69) is 78.3 Å². The maximum Gasteiger partial charge on any atom is 0.331 e. The van der Waals surface area contributed by atoms with Gasteiger partial charge in [0.2, 0.25) is 11.8 Å². The van der Waals surface area contributed by atoms with E-state index in [0.29, 0.717) is 13.0 Å². The number of carboxylic acids is 1. The number of allylic oxidation sites excluding steroid dienone is 10. The molecular formula is C27H40N2O4. The quantitative estimate of drug-likeness (QED) is 0.151. The van der Waals surface area contributed by atoms with Gasteiger partial charge in [0.25, 0.3) is 0 Å². The summed E-state index contributed by atoms with van der Waals surface area (Å²) in [4.78, 5) is 33.8. The Hall–Kier alpha value is -3.15. The van der Waals surface area contributed by atoms with Gasteiger partial charge >= 0.3 is 5.97 Å². The fourth-order valence-corrected chi connectivity index (χ4v) is 2.53. The van der Waals surface area contributed by atoms with Gasteiger partial charge in [-0.15, -0.1) is 0 Å². The summed E-state index contributed by atoms with van der Waals surface area (Å²) in [6.07, 6.45) is 29.5. The first-order chi connectivity index (χ1) is 16.0. The van der Waals surface area contributed by atoms with Crippen molar-refractivity contribution in [1.29, 1.82) is 0 Å². The molecule has 182 valence electrons. The molecule has 0 fully saturated rings. The van der Waals surface area contributed by atoms with Crippen molar-refractivity contribution in [2.24, 2.45) is 0 Å². The maximum absolute atomic E-state index is 11.8. The number of carbonyl (C=O) groups excluding carboxylic acids is 2. The van der Waals surface area contributed by atoms with E-state index in [9.17, 15) is 14.4 Å². The lowest BCUT2D eigenvalue weighted by molar-refractivity contribution is -0.133. The first-order valence-electron chi connectivity index (χ1n) is 11.7. The number of nitrogens with one attached hydrogen (secondary N) is 2. The molecular weight excluding hydrogens is 416 g/mol. The Labute approximate surface area is 198 Å². The second-order valence-corrected chi connectivity index (χ2v) is 7.37. The van der Waals surface area contributed by atoms with Crippen LogP contribution in [0.15, 0.2) is 72.4 Å². The highest BCUT2D eigenvalue weighted by Gasteiger charge is 2.04. The van der Waals surface area contributed by atoms with Crippen molar-refractivity contribution in [3.63, 3.8) is 0 Å². The summed E-state index contributed by atoms with van der Waals surface area (Å²) < 4.78 is 0. The Balaban J connectivity index is 3.65. The molecule has 0 aliphatic carbocycles. The molecule has 2 amide bonds. The minimum atomic E-state index is -1.13. The third kappa shape index (κ3) is 21.9. The van der Waals surface area contributed by atoms with Crippen LogP contribution in [0.5, 0.6) is 0 Å². The third-order valence-corrected chi connectivity index (χ3v) is 4.36. The van der Waals surface area contributed by atoms with Crippen LogP contribution in [-0.2, 0) is 14.4 Å². The molecule has 0 aliphatic heterocycles. The number of carboxylic acid groups (broad SMARTS) is 1. The van der Waals surface area contributed by atoms with Crippen LogP contribution in [0.2, 0.25) is 0 Å². The van der Waals surface area contributed by atoms with E-state index in [1.165, 1.54) is 6.92 Å². The van der Waals surface area contributed by atoms with Crippen LogP contribution in [0.1, 0.15) is 65.2 Å². The van der Waals surface area contributed by atoms with Gasteiger partial charge in [0, 0.05) is 31.2 Å². The molecule has 0 saturated carbocycles. The summed E-state index contributed by atoms with van der Waals surface area (Å²) in [7, 11) is 0. The van der Waals surface area contributed by atoms with Crippen molar-refractivity contribution < 1.29 is 19.5 Å². The number of hydrogen-bond donors (Lipinski definition) is 3. The SMILES string of the molecule is CCC=CCC=CCC=CCC=CCC=CCCCC(=O)NCCNC(=O)C=C(C)C(=O)O. The van der Waals surface area contributed by atoms with E-state index in [1.54, 1.807) is 0 Å². The van der Waals surface area contributed by atoms with Crippen LogP contribution >= 0.6 is 0 Å². The van der Waals surface area contributed by atoms with Gasteiger partial charge in [-0.3, -0.25) is 9.59 Å².